The van der Waals surface area contributed by atoms with E-state index in [1.807, 2.05) is 66.7 Å². The van der Waals surface area contributed by atoms with Crippen LogP contribution in [-0.4, -0.2) is 35.6 Å². The van der Waals surface area contributed by atoms with Gasteiger partial charge in [-0.25, -0.2) is 22.0 Å². The Morgan fingerprint density at radius 3 is 2.05 bits per heavy atom. The number of carbonyl (C=O) groups excluding carboxylic acids is 1. The van der Waals surface area contributed by atoms with Crippen LogP contribution in [0, 0.1) is 35.0 Å². The summed E-state index contributed by atoms with van der Waals surface area (Å²) in [6.07, 6.45) is -1.21. The molecule has 1 amide bonds. The Labute approximate surface area is 327 Å². The van der Waals surface area contributed by atoms with Crippen LogP contribution in [0.2, 0.25) is 0 Å². The third-order valence-electron chi connectivity index (χ3n) is 10.8. The van der Waals surface area contributed by atoms with Gasteiger partial charge in [0.15, 0.2) is 29.6 Å². The number of benzene rings is 6. The van der Waals surface area contributed by atoms with Gasteiger partial charge in [-0.2, -0.15) is 0 Å². The molecule has 6 nitrogen and oxygen atoms in total. The van der Waals surface area contributed by atoms with Crippen molar-refractivity contribution in [2.45, 2.75) is 51.5 Å². The van der Waals surface area contributed by atoms with Gasteiger partial charge in [0, 0.05) is 30.6 Å². The zero-order chi connectivity index (χ0) is 40.4. The molecule has 1 fully saturated rings. The first-order valence-corrected chi connectivity index (χ1v) is 18.6. The SMILES string of the molecule is CC1C(CN(C)C(C)c2ccc3ccccc3c2)OC(c2ccc(-c3cccc(CNC(=O)c4c(F)c(F)c(F)c(F)c4F)c3)cc2)OC1c1ccc(CO)cc1. The number of carbonyl (C=O) groups is 1. The molecule has 0 saturated carbocycles. The van der Waals surface area contributed by atoms with Crippen molar-refractivity contribution in [3.8, 4) is 11.1 Å². The molecule has 6 aromatic rings. The summed E-state index contributed by atoms with van der Waals surface area (Å²) in [5.41, 5.74) is 4.33. The van der Waals surface area contributed by atoms with Crippen LogP contribution in [0.25, 0.3) is 21.9 Å². The van der Waals surface area contributed by atoms with E-state index in [9.17, 15) is 31.9 Å². The van der Waals surface area contributed by atoms with Gasteiger partial charge in [-0.15, -0.1) is 0 Å². The summed E-state index contributed by atoms with van der Waals surface area (Å²) in [6, 6.07) is 37.3. The quantitative estimate of drug-likeness (QED) is 0.0779. The third-order valence-corrected chi connectivity index (χ3v) is 10.8. The average molecular weight is 781 g/mol. The minimum atomic E-state index is -2.33. The van der Waals surface area contributed by atoms with Crippen molar-refractivity contribution in [2.24, 2.45) is 5.92 Å². The molecule has 0 bridgehead atoms. The van der Waals surface area contributed by atoms with Gasteiger partial charge in [0.05, 0.1) is 18.8 Å². The van der Waals surface area contributed by atoms with Crippen molar-refractivity contribution in [3.63, 3.8) is 0 Å². The number of nitrogens with one attached hydrogen (secondary N) is 1. The highest BCUT2D eigenvalue weighted by atomic mass is 19.2. The molecule has 1 saturated heterocycles. The Kier molecular flexibility index (Phi) is 11.8. The zero-order valence-electron chi connectivity index (χ0n) is 31.5. The lowest BCUT2D eigenvalue weighted by Crippen LogP contribution is -2.44. The Hall–Kier alpha value is -5.46. The maximum atomic E-state index is 14.2. The first-order valence-electron chi connectivity index (χ1n) is 18.6. The molecule has 57 heavy (non-hydrogen) atoms. The van der Waals surface area contributed by atoms with E-state index in [1.165, 1.54) is 16.3 Å². The number of amides is 1. The van der Waals surface area contributed by atoms with Crippen LogP contribution in [0.5, 0.6) is 0 Å². The number of fused-ring (bicyclic) bond motifs is 1. The first-order chi connectivity index (χ1) is 27.4. The highest BCUT2D eigenvalue weighted by Crippen LogP contribution is 2.42. The van der Waals surface area contributed by atoms with Gasteiger partial charge in [0.1, 0.15) is 5.56 Å². The molecule has 5 unspecified atom stereocenters. The van der Waals surface area contributed by atoms with Crippen LogP contribution in [0.15, 0.2) is 115 Å². The Morgan fingerprint density at radius 1 is 0.719 bits per heavy atom. The number of hydrogen-bond acceptors (Lipinski definition) is 5. The standard InChI is InChI=1S/C46H41F5N2O4/c1-26-37(24-53(3)27(2)34-20-17-30-8-4-5-9-36(30)22-34)56-46(57-44(26)32-13-11-28(25-54)12-14-32)33-18-15-31(16-19-33)35-10-6-7-29(21-35)23-52-45(55)38-39(47)41(49)43(51)42(50)40(38)48/h4-22,26-27,37,44,46,54H,23-25H2,1-3H3,(H,52,55). The molecule has 0 aliphatic carbocycles. The van der Waals surface area contributed by atoms with Gasteiger partial charge in [0.2, 0.25) is 5.82 Å². The van der Waals surface area contributed by atoms with Crippen molar-refractivity contribution >= 4 is 16.7 Å². The van der Waals surface area contributed by atoms with Crippen LogP contribution in [-0.2, 0) is 22.6 Å². The number of nitrogens with zero attached hydrogens (tertiary/aromatic N) is 1. The van der Waals surface area contributed by atoms with E-state index < -0.39 is 46.8 Å². The van der Waals surface area contributed by atoms with Crippen LogP contribution < -0.4 is 5.32 Å². The average Bonchev–Trinajstić information content (AvgIpc) is 3.24. The molecule has 2 N–H and O–H groups in total. The molecule has 0 radical (unpaired) electrons. The monoisotopic (exact) mass is 780 g/mol. The lowest BCUT2D eigenvalue weighted by Gasteiger charge is -2.43. The summed E-state index contributed by atoms with van der Waals surface area (Å²) >= 11 is 0. The number of aliphatic hydroxyl groups is 1. The van der Waals surface area contributed by atoms with E-state index in [1.54, 1.807) is 18.2 Å². The molecule has 7 rings (SSSR count). The fourth-order valence-corrected chi connectivity index (χ4v) is 7.26. The lowest BCUT2D eigenvalue weighted by molar-refractivity contribution is -0.276. The third kappa shape index (κ3) is 8.33. The van der Waals surface area contributed by atoms with Crippen molar-refractivity contribution < 1.29 is 41.3 Å². The van der Waals surface area contributed by atoms with Crippen molar-refractivity contribution in [2.75, 3.05) is 13.6 Å². The molecule has 6 aromatic carbocycles. The molecular formula is C46H41F5N2O4. The summed E-state index contributed by atoms with van der Waals surface area (Å²) in [7, 11) is 2.10. The van der Waals surface area contributed by atoms with Gasteiger partial charge in [-0.3, -0.25) is 9.69 Å². The summed E-state index contributed by atoms with van der Waals surface area (Å²) < 4.78 is 82.6. The summed E-state index contributed by atoms with van der Waals surface area (Å²) in [5, 5.41) is 14.3. The smallest absolute Gasteiger partial charge is 0.257 e. The van der Waals surface area contributed by atoms with Gasteiger partial charge in [0.25, 0.3) is 5.91 Å². The normalized spacial score (nSPS) is 18.8. The van der Waals surface area contributed by atoms with Crippen molar-refractivity contribution in [1.82, 2.24) is 10.2 Å². The highest BCUT2D eigenvalue weighted by molar-refractivity contribution is 5.94. The Balaban J connectivity index is 1.08. The molecular weight excluding hydrogens is 740 g/mol. The Morgan fingerprint density at radius 2 is 1.37 bits per heavy atom. The fraction of sp³-hybridized carbons (Fsp3) is 0.239. The number of hydrogen-bond donors (Lipinski definition) is 2. The number of aliphatic hydroxyl groups excluding tert-OH is 1. The van der Waals surface area contributed by atoms with E-state index >= 15 is 0 Å². The summed E-state index contributed by atoms with van der Waals surface area (Å²) in [5.74, 6) is -12.6. The largest absolute Gasteiger partial charge is 0.392 e. The summed E-state index contributed by atoms with van der Waals surface area (Å²) in [6.45, 7) is 4.65. The van der Waals surface area contributed by atoms with Crippen LogP contribution >= 0.6 is 0 Å². The second-order valence-corrected chi connectivity index (χ2v) is 14.5. The van der Waals surface area contributed by atoms with Crippen molar-refractivity contribution in [3.05, 3.63) is 178 Å². The molecule has 0 aromatic heterocycles. The number of rotatable bonds is 11. The maximum absolute atomic E-state index is 14.2. The zero-order valence-corrected chi connectivity index (χ0v) is 31.5. The van der Waals surface area contributed by atoms with E-state index in [2.05, 4.69) is 61.4 Å². The minimum absolute atomic E-state index is 0.0240. The molecule has 0 spiro atoms. The molecule has 1 heterocycles. The number of likely N-dealkylation sites (N-methyl/N-ethyl adjacent to an activating group) is 1. The van der Waals surface area contributed by atoms with Crippen LogP contribution in [0.1, 0.15) is 70.5 Å². The van der Waals surface area contributed by atoms with E-state index in [-0.39, 0.29) is 37.3 Å². The topological polar surface area (TPSA) is 71.0 Å². The predicted molar refractivity (Wildman–Crippen MR) is 207 cm³/mol. The predicted octanol–water partition coefficient (Wildman–Crippen LogP) is 10.1. The van der Waals surface area contributed by atoms with E-state index in [0.717, 1.165) is 27.8 Å². The Bertz CT molecular complexity index is 2360. The van der Waals surface area contributed by atoms with Gasteiger partial charge in [-0.05, 0) is 70.3 Å². The minimum Gasteiger partial charge on any atom is -0.392 e. The first kappa shape index (κ1) is 39.8. The summed E-state index contributed by atoms with van der Waals surface area (Å²) in [4.78, 5) is 14.8. The van der Waals surface area contributed by atoms with E-state index in [4.69, 9.17) is 9.47 Å². The second kappa shape index (κ2) is 17.0. The van der Waals surface area contributed by atoms with Gasteiger partial charge in [-0.1, -0.05) is 110 Å². The lowest BCUT2D eigenvalue weighted by atomic mass is 9.89. The molecule has 1 aliphatic heterocycles. The van der Waals surface area contributed by atoms with Gasteiger partial charge >= 0.3 is 0 Å². The van der Waals surface area contributed by atoms with E-state index in [0.29, 0.717) is 12.1 Å². The fourth-order valence-electron chi connectivity index (χ4n) is 7.26. The highest BCUT2D eigenvalue weighted by Gasteiger charge is 2.39. The van der Waals surface area contributed by atoms with Crippen molar-refractivity contribution in [1.29, 1.82) is 0 Å². The number of halogens is 5. The van der Waals surface area contributed by atoms with Crippen LogP contribution in [0.3, 0.4) is 0 Å². The molecule has 11 heteroatoms. The number of ether oxygens (including phenoxy) is 2. The molecule has 294 valence electrons. The van der Waals surface area contributed by atoms with Crippen LogP contribution in [0.4, 0.5) is 22.0 Å². The molecule has 5 atom stereocenters. The second-order valence-electron chi connectivity index (χ2n) is 14.5. The molecule has 1 aliphatic rings. The maximum Gasteiger partial charge on any atom is 0.257 e. The van der Waals surface area contributed by atoms with Gasteiger partial charge < -0.3 is 19.9 Å².